The van der Waals surface area contributed by atoms with Crippen molar-refractivity contribution < 1.29 is 19.0 Å². The molecular formula is C7H13F2NO2. The van der Waals surface area contributed by atoms with Gasteiger partial charge in [0.15, 0.2) is 0 Å². The summed E-state index contributed by atoms with van der Waals surface area (Å²) >= 11 is 0. The summed E-state index contributed by atoms with van der Waals surface area (Å²) in [7, 11) is 0. The summed E-state index contributed by atoms with van der Waals surface area (Å²) in [5, 5.41) is 20.8. The molecule has 1 rings (SSSR count). The molecule has 1 fully saturated rings. The first-order chi connectivity index (χ1) is 5.66. The van der Waals surface area contributed by atoms with Gasteiger partial charge in [-0.05, 0) is 0 Å². The minimum absolute atomic E-state index is 0.120. The topological polar surface area (TPSA) is 52.5 Å². The second-order valence-electron chi connectivity index (χ2n) is 3.09. The molecule has 0 aromatic heterocycles. The van der Waals surface area contributed by atoms with E-state index >= 15 is 0 Å². The summed E-state index contributed by atoms with van der Waals surface area (Å²) in [5.74, 6) is -1.51. The molecule has 0 aliphatic carbocycles. The van der Waals surface area contributed by atoms with Gasteiger partial charge in [0.05, 0.1) is 12.0 Å². The van der Waals surface area contributed by atoms with Gasteiger partial charge in [0, 0.05) is 25.6 Å². The fraction of sp³-hybridized carbons (Fsp3) is 1.00. The van der Waals surface area contributed by atoms with Crippen molar-refractivity contribution >= 4 is 0 Å². The number of piperidine rings is 1. The van der Waals surface area contributed by atoms with Crippen LogP contribution in [0.3, 0.4) is 0 Å². The maximum atomic E-state index is 12.2. The Morgan fingerprint density at radius 3 is 2.58 bits per heavy atom. The van der Waals surface area contributed by atoms with Crippen LogP contribution in [0.25, 0.3) is 0 Å². The van der Waals surface area contributed by atoms with Crippen molar-refractivity contribution in [3.05, 3.63) is 0 Å². The molecule has 1 aliphatic rings. The van der Waals surface area contributed by atoms with Crippen molar-refractivity contribution in [3.8, 4) is 0 Å². The number of nitrogens with one attached hydrogen (secondary N) is 1. The highest BCUT2D eigenvalue weighted by atomic mass is 19.3. The Morgan fingerprint density at radius 2 is 2.08 bits per heavy atom. The molecule has 0 bridgehead atoms. The second kappa shape index (κ2) is 4.11. The average Bonchev–Trinajstić information content (AvgIpc) is 2.04. The third kappa shape index (κ3) is 1.91. The van der Waals surface area contributed by atoms with Crippen LogP contribution in [0.2, 0.25) is 0 Å². The highest BCUT2D eigenvalue weighted by Gasteiger charge is 2.36. The highest BCUT2D eigenvalue weighted by Crippen LogP contribution is 2.22. The lowest BCUT2D eigenvalue weighted by molar-refractivity contribution is -0.0615. The molecule has 0 aromatic carbocycles. The van der Waals surface area contributed by atoms with Crippen LogP contribution in [-0.4, -0.2) is 42.4 Å². The summed E-state index contributed by atoms with van der Waals surface area (Å²) in [6.07, 6.45) is -3.61. The maximum Gasteiger partial charge on any atom is 0.245 e. The van der Waals surface area contributed by atoms with Gasteiger partial charge in [-0.1, -0.05) is 0 Å². The van der Waals surface area contributed by atoms with Crippen molar-refractivity contribution in [2.45, 2.75) is 12.5 Å². The second-order valence-corrected chi connectivity index (χ2v) is 3.09. The summed E-state index contributed by atoms with van der Waals surface area (Å²) in [4.78, 5) is 0. The van der Waals surface area contributed by atoms with E-state index in [2.05, 4.69) is 5.32 Å². The lowest BCUT2D eigenvalue weighted by Gasteiger charge is -2.33. The molecule has 0 saturated carbocycles. The zero-order valence-electron chi connectivity index (χ0n) is 6.58. The minimum Gasteiger partial charge on any atom is -0.396 e. The largest absolute Gasteiger partial charge is 0.396 e. The summed E-state index contributed by atoms with van der Waals surface area (Å²) in [6, 6.07) is 0. The van der Waals surface area contributed by atoms with E-state index in [1.807, 2.05) is 0 Å². The molecule has 0 amide bonds. The Kier molecular flexibility index (Phi) is 3.37. The summed E-state index contributed by atoms with van der Waals surface area (Å²) in [5.41, 5.74) is 0. The van der Waals surface area contributed by atoms with E-state index < -0.39 is 24.4 Å². The third-order valence-corrected chi connectivity index (χ3v) is 2.27. The fourth-order valence-electron chi connectivity index (χ4n) is 1.44. The Balaban J connectivity index is 2.53. The summed E-state index contributed by atoms with van der Waals surface area (Å²) < 4.78 is 24.4. The van der Waals surface area contributed by atoms with E-state index in [0.717, 1.165) is 0 Å². The van der Waals surface area contributed by atoms with Gasteiger partial charge >= 0.3 is 0 Å². The van der Waals surface area contributed by atoms with Crippen molar-refractivity contribution in [1.29, 1.82) is 0 Å². The number of alkyl halides is 2. The third-order valence-electron chi connectivity index (χ3n) is 2.27. The van der Waals surface area contributed by atoms with Gasteiger partial charge in [0.2, 0.25) is 6.43 Å². The van der Waals surface area contributed by atoms with Crippen molar-refractivity contribution in [2.24, 2.45) is 11.8 Å². The van der Waals surface area contributed by atoms with Crippen LogP contribution < -0.4 is 5.32 Å². The lowest BCUT2D eigenvalue weighted by Crippen LogP contribution is -2.50. The van der Waals surface area contributed by atoms with Gasteiger partial charge in [0.1, 0.15) is 0 Å². The van der Waals surface area contributed by atoms with Crippen molar-refractivity contribution in [2.75, 3.05) is 19.7 Å². The van der Waals surface area contributed by atoms with Crippen LogP contribution in [-0.2, 0) is 0 Å². The smallest absolute Gasteiger partial charge is 0.245 e. The van der Waals surface area contributed by atoms with Gasteiger partial charge < -0.3 is 15.5 Å². The average molecular weight is 181 g/mol. The molecule has 1 heterocycles. The zero-order chi connectivity index (χ0) is 9.14. The number of aliphatic hydroxyl groups is 2. The van der Waals surface area contributed by atoms with Gasteiger partial charge in [-0.3, -0.25) is 0 Å². The molecule has 0 spiro atoms. The molecule has 0 aromatic rings. The van der Waals surface area contributed by atoms with Crippen LogP contribution in [0.15, 0.2) is 0 Å². The van der Waals surface area contributed by atoms with Crippen molar-refractivity contribution in [3.63, 3.8) is 0 Å². The number of halogens is 2. The predicted molar refractivity (Wildman–Crippen MR) is 38.9 cm³/mol. The van der Waals surface area contributed by atoms with Crippen LogP contribution in [0.4, 0.5) is 8.78 Å². The molecule has 1 saturated heterocycles. The number of rotatable bonds is 2. The molecule has 3 N–H and O–H groups in total. The number of hydrogen-bond acceptors (Lipinski definition) is 3. The molecule has 12 heavy (non-hydrogen) atoms. The van der Waals surface area contributed by atoms with Crippen LogP contribution in [0.1, 0.15) is 0 Å². The molecule has 72 valence electrons. The van der Waals surface area contributed by atoms with E-state index in [-0.39, 0.29) is 13.2 Å². The zero-order valence-corrected chi connectivity index (χ0v) is 6.58. The minimum atomic E-state index is -2.53. The van der Waals surface area contributed by atoms with E-state index in [1.54, 1.807) is 0 Å². The Labute approximate surface area is 69.4 Å². The Hall–Kier alpha value is -0.260. The number of aliphatic hydroxyl groups excluding tert-OH is 2. The highest BCUT2D eigenvalue weighted by molar-refractivity contribution is 4.85. The monoisotopic (exact) mass is 181 g/mol. The lowest BCUT2D eigenvalue weighted by atomic mass is 9.88. The predicted octanol–water partition coefficient (Wildman–Crippen LogP) is -0.560. The quantitative estimate of drug-likeness (QED) is 0.535. The SMILES string of the molecule is OCC1CNC[C@H](C(F)F)[C@H]1O. The van der Waals surface area contributed by atoms with Gasteiger partial charge in [-0.15, -0.1) is 0 Å². The van der Waals surface area contributed by atoms with Crippen LogP contribution >= 0.6 is 0 Å². The fourth-order valence-corrected chi connectivity index (χ4v) is 1.44. The molecule has 3 atom stereocenters. The number of hydrogen-bond donors (Lipinski definition) is 3. The Morgan fingerprint density at radius 1 is 1.42 bits per heavy atom. The van der Waals surface area contributed by atoms with Crippen LogP contribution in [0.5, 0.6) is 0 Å². The first-order valence-corrected chi connectivity index (χ1v) is 3.94. The van der Waals surface area contributed by atoms with E-state index in [4.69, 9.17) is 5.11 Å². The molecular weight excluding hydrogens is 168 g/mol. The van der Waals surface area contributed by atoms with Crippen LogP contribution in [0, 0.1) is 11.8 Å². The van der Waals surface area contributed by atoms with E-state index in [9.17, 15) is 13.9 Å². The van der Waals surface area contributed by atoms with Gasteiger partial charge in [-0.25, -0.2) is 8.78 Å². The summed E-state index contributed by atoms with van der Waals surface area (Å²) in [6.45, 7) is 0.271. The molecule has 1 aliphatic heterocycles. The van der Waals surface area contributed by atoms with Crippen molar-refractivity contribution in [1.82, 2.24) is 5.32 Å². The van der Waals surface area contributed by atoms with E-state index in [0.29, 0.717) is 6.54 Å². The first kappa shape index (κ1) is 9.83. The molecule has 3 nitrogen and oxygen atoms in total. The van der Waals surface area contributed by atoms with Gasteiger partial charge in [0.25, 0.3) is 0 Å². The maximum absolute atomic E-state index is 12.2. The van der Waals surface area contributed by atoms with E-state index in [1.165, 1.54) is 0 Å². The molecule has 0 radical (unpaired) electrons. The molecule has 1 unspecified atom stereocenters. The standard InChI is InChI=1S/C7H13F2NO2/c8-7(9)5-2-10-1-4(3-11)6(5)12/h4-7,10-12H,1-3H2/t4?,5-,6-/m0/s1. The normalized spacial score (nSPS) is 37.2. The Bertz CT molecular complexity index is 145. The first-order valence-electron chi connectivity index (χ1n) is 3.94. The van der Waals surface area contributed by atoms with Gasteiger partial charge in [-0.2, -0.15) is 0 Å². The molecule has 5 heteroatoms.